The smallest absolute Gasteiger partial charge is 0.0284 e. The van der Waals surface area contributed by atoms with Crippen molar-refractivity contribution in [1.29, 1.82) is 0 Å². The van der Waals surface area contributed by atoms with Gasteiger partial charge >= 0.3 is 0 Å². The summed E-state index contributed by atoms with van der Waals surface area (Å²) in [5.41, 5.74) is 0. The van der Waals surface area contributed by atoms with Gasteiger partial charge in [-0.2, -0.15) is 0 Å². The fraction of sp³-hybridized carbons (Fsp3) is 0.957. The molecule has 0 N–H and O–H groups in total. The van der Waals surface area contributed by atoms with E-state index in [9.17, 15) is 0 Å². The summed E-state index contributed by atoms with van der Waals surface area (Å²) in [6.07, 6.45) is 48.8. The Bertz CT molecular complexity index is 1120. The van der Waals surface area contributed by atoms with Crippen LogP contribution in [0.4, 0.5) is 0 Å². The highest BCUT2D eigenvalue weighted by Gasteiger charge is 2.63. The summed E-state index contributed by atoms with van der Waals surface area (Å²) in [4.78, 5) is 6.65. The lowest BCUT2D eigenvalue weighted by Crippen LogP contribution is -2.52. The quantitative estimate of drug-likeness (QED) is 0.278. The fourth-order valence-electron chi connectivity index (χ4n) is 16.8. The number of fused-ring (bicyclic) bond motifs is 8. The van der Waals surface area contributed by atoms with Gasteiger partial charge in [-0.25, -0.2) is 0 Å². The van der Waals surface area contributed by atoms with E-state index in [0.717, 1.165) is 95.4 Å². The molecule has 13 unspecified atom stereocenters. The van der Waals surface area contributed by atoms with Gasteiger partial charge in [0.05, 0.1) is 0 Å². The average molecular weight is 655 g/mol. The molecule has 0 bridgehead atoms. The largest absolute Gasteiger partial charge is 0.294 e. The molecule has 2 nitrogen and oxygen atoms in total. The van der Waals surface area contributed by atoms with Crippen LogP contribution in [0.3, 0.4) is 0 Å². The standard InChI is InChI=1S/C46H74N2/c1-2-10-31(11-3-1)33-20-24-37(25-21-33)47-41-16-8-6-14-39(41)45-43(47)28-29-44-46(45)40-15-7-9-17-42(40)48(44)38-26-22-34(23-27-38)36-19-18-32-12-4-5-13-35(32)30-36/h20,24,31-46H,1-19,21-23,25-30H2. The van der Waals surface area contributed by atoms with Crippen LogP contribution < -0.4 is 0 Å². The summed E-state index contributed by atoms with van der Waals surface area (Å²) in [5.74, 6) is 10.4. The predicted molar refractivity (Wildman–Crippen MR) is 200 cm³/mol. The van der Waals surface area contributed by atoms with Gasteiger partial charge in [-0.05, 0) is 168 Å². The zero-order valence-corrected chi connectivity index (χ0v) is 31.1. The van der Waals surface area contributed by atoms with Gasteiger partial charge in [-0.3, -0.25) is 9.80 Å². The van der Waals surface area contributed by atoms with Crippen molar-refractivity contribution in [1.82, 2.24) is 9.80 Å². The van der Waals surface area contributed by atoms with E-state index >= 15 is 0 Å². The number of allylic oxidation sites excluding steroid dienone is 1. The Labute approximate surface area is 296 Å². The third-order valence-corrected chi connectivity index (χ3v) is 18.6. The summed E-state index contributed by atoms with van der Waals surface area (Å²) in [6.45, 7) is 0. The number of nitrogens with zero attached hydrogens (tertiary/aromatic N) is 2. The third kappa shape index (κ3) is 5.68. The highest BCUT2D eigenvalue weighted by atomic mass is 15.3. The maximum Gasteiger partial charge on any atom is 0.0284 e. The third-order valence-electron chi connectivity index (χ3n) is 18.6. The van der Waals surface area contributed by atoms with Gasteiger partial charge in [-0.1, -0.05) is 82.8 Å². The zero-order valence-electron chi connectivity index (χ0n) is 31.1. The summed E-state index contributed by atoms with van der Waals surface area (Å²) in [6, 6.07) is 5.42. The van der Waals surface area contributed by atoms with Crippen LogP contribution in [-0.2, 0) is 0 Å². The molecular formula is C46H74N2. The molecule has 10 aliphatic rings. The molecule has 13 atom stereocenters. The molecule has 9 fully saturated rings. The molecule has 2 saturated heterocycles. The molecule has 8 aliphatic carbocycles. The minimum Gasteiger partial charge on any atom is -0.294 e. The summed E-state index contributed by atoms with van der Waals surface area (Å²) < 4.78 is 0. The van der Waals surface area contributed by atoms with Gasteiger partial charge < -0.3 is 0 Å². The van der Waals surface area contributed by atoms with E-state index in [4.69, 9.17) is 0 Å². The molecule has 10 rings (SSSR count). The molecule has 0 aromatic carbocycles. The molecule has 7 saturated carbocycles. The zero-order chi connectivity index (χ0) is 31.6. The second kappa shape index (κ2) is 13.9. The van der Waals surface area contributed by atoms with Crippen LogP contribution in [0.5, 0.6) is 0 Å². The van der Waals surface area contributed by atoms with Crippen LogP contribution in [0.25, 0.3) is 0 Å². The number of hydrogen-bond donors (Lipinski definition) is 0. The minimum absolute atomic E-state index is 0.764. The Morgan fingerprint density at radius 2 is 0.854 bits per heavy atom. The van der Waals surface area contributed by atoms with E-state index < -0.39 is 0 Å². The Balaban J connectivity index is 0.858. The van der Waals surface area contributed by atoms with Gasteiger partial charge in [0.15, 0.2) is 0 Å². The van der Waals surface area contributed by atoms with E-state index in [1.807, 2.05) is 0 Å². The Morgan fingerprint density at radius 1 is 0.333 bits per heavy atom. The van der Waals surface area contributed by atoms with E-state index in [1.165, 1.54) is 89.9 Å². The lowest BCUT2D eigenvalue weighted by atomic mass is 9.61. The van der Waals surface area contributed by atoms with Crippen LogP contribution in [0.15, 0.2) is 12.2 Å². The van der Waals surface area contributed by atoms with Crippen LogP contribution >= 0.6 is 0 Å². The molecule has 0 spiro atoms. The normalized spacial score (nSPS) is 51.8. The van der Waals surface area contributed by atoms with E-state index in [2.05, 4.69) is 22.0 Å². The second-order valence-electron chi connectivity index (χ2n) is 20.3. The van der Waals surface area contributed by atoms with E-state index in [-0.39, 0.29) is 0 Å². The van der Waals surface area contributed by atoms with Gasteiger partial charge in [0.25, 0.3) is 0 Å². The van der Waals surface area contributed by atoms with Crippen molar-refractivity contribution in [2.24, 2.45) is 59.2 Å². The van der Waals surface area contributed by atoms with Crippen molar-refractivity contribution in [3.63, 3.8) is 0 Å². The first kappa shape index (κ1) is 32.3. The first-order chi connectivity index (χ1) is 23.8. The van der Waals surface area contributed by atoms with Gasteiger partial charge in [-0.15, -0.1) is 0 Å². The van der Waals surface area contributed by atoms with Crippen molar-refractivity contribution in [2.45, 2.75) is 216 Å². The Kier molecular flexibility index (Phi) is 9.36. The number of hydrogen-bond acceptors (Lipinski definition) is 2. The number of rotatable bonds is 4. The topological polar surface area (TPSA) is 6.48 Å². The van der Waals surface area contributed by atoms with E-state index in [0.29, 0.717) is 0 Å². The SMILES string of the molecule is C1=CC(N2C3CCCCC3C3C4C5CCCCC5N(C5CCC(C6CCC7CCCCC7C6)CC5)C4CCC32)CCC1C1CCCCC1. The Hall–Kier alpha value is -0.340. The van der Waals surface area contributed by atoms with Gasteiger partial charge in [0, 0.05) is 36.3 Å². The maximum atomic E-state index is 3.37. The highest BCUT2D eigenvalue weighted by molar-refractivity contribution is 5.18. The highest BCUT2D eigenvalue weighted by Crippen LogP contribution is 2.61. The first-order valence-corrected chi connectivity index (χ1v) is 23.0. The van der Waals surface area contributed by atoms with Crippen molar-refractivity contribution >= 4 is 0 Å². The van der Waals surface area contributed by atoms with Crippen molar-refractivity contribution in [3.8, 4) is 0 Å². The molecule has 48 heavy (non-hydrogen) atoms. The molecular weight excluding hydrogens is 581 g/mol. The lowest BCUT2D eigenvalue weighted by Gasteiger charge is -2.48. The van der Waals surface area contributed by atoms with Gasteiger partial charge in [0.1, 0.15) is 0 Å². The molecule has 2 aliphatic heterocycles. The first-order valence-electron chi connectivity index (χ1n) is 23.0. The molecule has 268 valence electrons. The molecule has 0 aromatic heterocycles. The summed E-state index contributed by atoms with van der Waals surface area (Å²) >= 11 is 0. The average Bonchev–Trinajstić information content (AvgIpc) is 3.68. The predicted octanol–water partition coefficient (Wildman–Crippen LogP) is 11.6. The van der Waals surface area contributed by atoms with Crippen LogP contribution in [0.1, 0.15) is 180 Å². The van der Waals surface area contributed by atoms with Gasteiger partial charge in [0.2, 0.25) is 0 Å². The monoisotopic (exact) mass is 655 g/mol. The molecule has 0 aromatic rings. The number of likely N-dealkylation sites (tertiary alicyclic amines) is 2. The van der Waals surface area contributed by atoms with Crippen molar-refractivity contribution in [2.75, 3.05) is 0 Å². The Morgan fingerprint density at radius 3 is 1.56 bits per heavy atom. The van der Waals surface area contributed by atoms with E-state index in [1.54, 1.807) is 89.9 Å². The van der Waals surface area contributed by atoms with Crippen molar-refractivity contribution in [3.05, 3.63) is 12.2 Å². The summed E-state index contributed by atoms with van der Waals surface area (Å²) in [5, 5.41) is 0. The van der Waals surface area contributed by atoms with Crippen LogP contribution in [-0.4, -0.2) is 46.1 Å². The molecule has 2 heterocycles. The fourth-order valence-corrected chi connectivity index (χ4v) is 16.8. The molecule has 0 amide bonds. The molecule has 2 heteroatoms. The second-order valence-corrected chi connectivity index (χ2v) is 20.3. The van der Waals surface area contributed by atoms with Crippen LogP contribution in [0, 0.1) is 59.2 Å². The molecule has 0 radical (unpaired) electrons. The van der Waals surface area contributed by atoms with Crippen molar-refractivity contribution < 1.29 is 0 Å². The lowest BCUT2D eigenvalue weighted by molar-refractivity contribution is 0.0146. The maximum absolute atomic E-state index is 3.37. The minimum atomic E-state index is 0.764. The van der Waals surface area contributed by atoms with Crippen LogP contribution in [0.2, 0.25) is 0 Å². The summed E-state index contributed by atoms with van der Waals surface area (Å²) in [7, 11) is 0.